The first kappa shape index (κ1) is 8.98. The Morgan fingerprint density at radius 1 is 1.77 bits per heavy atom. The zero-order chi connectivity index (χ0) is 9.84. The molecule has 0 aliphatic rings. The molecule has 6 heteroatoms. The summed E-state index contributed by atoms with van der Waals surface area (Å²) in [5.41, 5.74) is 4.45. The van der Waals surface area contributed by atoms with Gasteiger partial charge in [-0.1, -0.05) is 6.58 Å². The molecule has 0 unspecified atom stereocenters. The van der Waals surface area contributed by atoms with Crippen molar-refractivity contribution >= 4 is 11.8 Å². The summed E-state index contributed by atoms with van der Waals surface area (Å²) in [5, 5.41) is 0. The average molecular weight is 181 g/mol. The molecule has 0 radical (unpaired) electrons. The molecule has 0 aromatic carbocycles. The van der Waals surface area contributed by atoms with Gasteiger partial charge in [0, 0.05) is 12.1 Å². The molecule has 0 spiro atoms. The summed E-state index contributed by atoms with van der Waals surface area (Å²) in [6.07, 6.45) is 2.13. The van der Waals surface area contributed by atoms with Gasteiger partial charge < -0.3 is 10.6 Å². The van der Waals surface area contributed by atoms with Crippen LogP contribution < -0.4 is 16.3 Å². The monoisotopic (exact) mass is 181 g/mol. The highest BCUT2D eigenvalue weighted by Gasteiger charge is 2.01. The fourth-order valence-electron chi connectivity index (χ4n) is 0.608. The summed E-state index contributed by atoms with van der Waals surface area (Å²) < 4.78 is 0.667. The Morgan fingerprint density at radius 2 is 2.46 bits per heavy atom. The van der Waals surface area contributed by atoms with E-state index in [2.05, 4.69) is 16.4 Å². The lowest BCUT2D eigenvalue weighted by atomic mass is 10.6. The lowest BCUT2D eigenvalue weighted by Crippen LogP contribution is -2.31. The van der Waals surface area contributed by atoms with Crippen LogP contribution in [0.5, 0.6) is 0 Å². The van der Waals surface area contributed by atoms with E-state index in [4.69, 9.17) is 5.73 Å². The first-order valence-electron chi connectivity index (χ1n) is 3.33. The zero-order valence-electron chi connectivity index (χ0n) is 6.64. The molecule has 0 saturated carbocycles. The third kappa shape index (κ3) is 2.16. The van der Waals surface area contributed by atoms with E-state index in [1.165, 1.54) is 12.3 Å². The average Bonchev–Trinajstić information content (AvgIpc) is 2.09. The predicted molar refractivity (Wildman–Crippen MR) is 44.7 cm³/mol. The molecule has 0 atom stereocenters. The summed E-state index contributed by atoms with van der Waals surface area (Å²) in [7, 11) is 0. The highest BCUT2D eigenvalue weighted by atomic mass is 16.7. The van der Waals surface area contributed by atoms with Crippen LogP contribution in [0, 0.1) is 0 Å². The molecule has 1 rings (SSSR count). The Hall–Kier alpha value is -2.11. The molecule has 0 saturated heterocycles. The van der Waals surface area contributed by atoms with E-state index in [-0.39, 0.29) is 5.82 Å². The zero-order valence-corrected chi connectivity index (χ0v) is 6.64. The molecule has 1 aromatic heterocycles. The van der Waals surface area contributed by atoms with Crippen LogP contribution >= 0.6 is 0 Å². The molecule has 0 bridgehead atoms. The summed E-state index contributed by atoms with van der Waals surface area (Å²) in [6, 6.07) is 1.33. The van der Waals surface area contributed by atoms with Crippen LogP contribution in [0.2, 0.25) is 0 Å². The number of anilines is 1. The second kappa shape index (κ2) is 3.53. The number of hydrogen-bond acceptors (Lipinski definition) is 5. The van der Waals surface area contributed by atoms with Crippen molar-refractivity contribution in [3.05, 3.63) is 35.4 Å². The smallest absolute Gasteiger partial charge is 0.382 e. The third-order valence-electron chi connectivity index (χ3n) is 1.15. The molecule has 0 amide bonds. The van der Waals surface area contributed by atoms with Crippen LogP contribution in [0.25, 0.3) is 0 Å². The quantitative estimate of drug-likeness (QED) is 0.589. The summed E-state index contributed by atoms with van der Waals surface area (Å²) in [4.78, 5) is 29.4. The first-order chi connectivity index (χ1) is 6.13. The van der Waals surface area contributed by atoms with Gasteiger partial charge in [0.1, 0.15) is 5.82 Å². The molecule has 6 nitrogen and oxygen atoms in total. The maximum Gasteiger partial charge on any atom is 0.382 e. The topological polar surface area (TPSA) is 87.2 Å². The Labute approximate surface area is 73.2 Å². The minimum absolute atomic E-state index is 0.0657. The first-order valence-corrected chi connectivity index (χ1v) is 3.33. The van der Waals surface area contributed by atoms with Crippen molar-refractivity contribution in [2.75, 3.05) is 5.73 Å². The number of nitrogens with zero attached hydrogens (tertiary/aromatic N) is 2. The SMILES string of the molecule is C=CC(=O)On1ccc(N)nc1=O. The number of rotatable bonds is 2. The summed E-state index contributed by atoms with van der Waals surface area (Å²) >= 11 is 0. The van der Waals surface area contributed by atoms with Crippen molar-refractivity contribution in [3.63, 3.8) is 0 Å². The van der Waals surface area contributed by atoms with Gasteiger partial charge in [-0.2, -0.15) is 4.98 Å². The number of carbonyl (C=O) groups excluding carboxylic acids is 1. The lowest BCUT2D eigenvalue weighted by Gasteiger charge is -2.01. The van der Waals surface area contributed by atoms with Crippen LogP contribution in [0.15, 0.2) is 29.7 Å². The normalized spacial score (nSPS) is 9.23. The molecule has 1 aromatic rings. The molecule has 13 heavy (non-hydrogen) atoms. The molecule has 0 aliphatic carbocycles. The van der Waals surface area contributed by atoms with E-state index in [0.29, 0.717) is 4.73 Å². The van der Waals surface area contributed by atoms with E-state index in [9.17, 15) is 9.59 Å². The maximum absolute atomic E-state index is 11.0. The molecular weight excluding hydrogens is 174 g/mol. The van der Waals surface area contributed by atoms with Gasteiger partial charge in [0.2, 0.25) is 0 Å². The number of carbonyl (C=O) groups is 1. The number of hydrogen-bond donors (Lipinski definition) is 1. The van der Waals surface area contributed by atoms with E-state index in [0.717, 1.165) is 6.08 Å². The fourth-order valence-corrected chi connectivity index (χ4v) is 0.608. The second-order valence-electron chi connectivity index (χ2n) is 2.08. The van der Waals surface area contributed by atoms with Gasteiger partial charge in [-0.15, -0.1) is 4.73 Å². The van der Waals surface area contributed by atoms with Crippen molar-refractivity contribution < 1.29 is 9.63 Å². The standard InChI is InChI=1S/C7H7N3O3/c1-2-6(11)13-10-4-3-5(8)9-7(10)12/h2-4H,1H2,(H2,8,9,12). The third-order valence-corrected chi connectivity index (χ3v) is 1.15. The molecule has 2 N–H and O–H groups in total. The second-order valence-corrected chi connectivity index (χ2v) is 2.08. The fraction of sp³-hybridized carbons (Fsp3) is 0. The van der Waals surface area contributed by atoms with Gasteiger partial charge in [-0.25, -0.2) is 9.59 Å². The van der Waals surface area contributed by atoms with E-state index < -0.39 is 11.7 Å². The van der Waals surface area contributed by atoms with Crippen LogP contribution in [0.4, 0.5) is 5.82 Å². The van der Waals surface area contributed by atoms with Gasteiger partial charge in [0.25, 0.3) is 0 Å². The highest BCUT2D eigenvalue weighted by Crippen LogP contribution is 1.87. The Morgan fingerprint density at radius 3 is 3.00 bits per heavy atom. The number of aromatic nitrogens is 2. The van der Waals surface area contributed by atoms with Crippen molar-refractivity contribution in [3.8, 4) is 0 Å². The minimum atomic E-state index is -0.754. The van der Waals surface area contributed by atoms with Crippen LogP contribution in [-0.2, 0) is 4.79 Å². The van der Waals surface area contributed by atoms with Crippen LogP contribution in [0.1, 0.15) is 0 Å². The Kier molecular flexibility index (Phi) is 2.44. The van der Waals surface area contributed by atoms with Gasteiger partial charge in [0.15, 0.2) is 0 Å². The van der Waals surface area contributed by atoms with Gasteiger partial charge in [-0.05, 0) is 0 Å². The summed E-state index contributed by atoms with van der Waals surface area (Å²) in [6.45, 7) is 3.17. The molecule has 68 valence electrons. The van der Waals surface area contributed by atoms with Crippen LogP contribution in [0.3, 0.4) is 0 Å². The number of nitrogen functional groups attached to an aromatic ring is 1. The van der Waals surface area contributed by atoms with Crippen molar-refractivity contribution in [2.45, 2.75) is 0 Å². The Balaban J connectivity index is 2.96. The van der Waals surface area contributed by atoms with Gasteiger partial charge >= 0.3 is 11.7 Å². The molecule has 0 aliphatic heterocycles. The van der Waals surface area contributed by atoms with Crippen LogP contribution in [-0.4, -0.2) is 15.7 Å². The van der Waals surface area contributed by atoms with Crippen molar-refractivity contribution in [2.24, 2.45) is 0 Å². The van der Waals surface area contributed by atoms with E-state index >= 15 is 0 Å². The maximum atomic E-state index is 11.0. The molecule has 0 fully saturated rings. The van der Waals surface area contributed by atoms with Gasteiger partial charge in [-0.3, -0.25) is 0 Å². The van der Waals surface area contributed by atoms with Crippen molar-refractivity contribution in [1.82, 2.24) is 9.71 Å². The number of nitrogens with two attached hydrogens (primary N) is 1. The van der Waals surface area contributed by atoms with E-state index in [1.807, 2.05) is 0 Å². The van der Waals surface area contributed by atoms with Gasteiger partial charge in [0.05, 0.1) is 6.20 Å². The lowest BCUT2D eigenvalue weighted by molar-refractivity contribution is -0.138. The highest BCUT2D eigenvalue weighted by molar-refractivity contribution is 5.81. The minimum Gasteiger partial charge on any atom is -0.383 e. The van der Waals surface area contributed by atoms with E-state index in [1.54, 1.807) is 0 Å². The molecular formula is C7H7N3O3. The Bertz CT molecular complexity index is 396. The summed E-state index contributed by atoms with van der Waals surface area (Å²) in [5.74, 6) is -0.676. The predicted octanol–water partition coefficient (Wildman–Crippen LogP) is -1.03. The van der Waals surface area contributed by atoms with Crippen molar-refractivity contribution in [1.29, 1.82) is 0 Å². The molecule has 1 heterocycles. The largest absolute Gasteiger partial charge is 0.383 e.